The van der Waals surface area contributed by atoms with Crippen LogP contribution in [0, 0.1) is 6.92 Å². The van der Waals surface area contributed by atoms with Crippen LogP contribution in [0.5, 0.6) is 0 Å². The average Bonchev–Trinajstić information content (AvgIpc) is 2.33. The molecule has 0 aliphatic carbocycles. The number of sulfonamides is 1. The molecule has 2 rings (SSSR count). The molecule has 1 fully saturated rings. The highest BCUT2D eigenvalue weighted by Gasteiger charge is 2.26. The van der Waals surface area contributed by atoms with Crippen LogP contribution < -0.4 is 5.14 Å². The van der Waals surface area contributed by atoms with Gasteiger partial charge in [0, 0.05) is 25.0 Å². The number of hydrogen-bond donors (Lipinski definition) is 1. The van der Waals surface area contributed by atoms with Crippen molar-refractivity contribution in [2.45, 2.75) is 38.8 Å². The van der Waals surface area contributed by atoms with E-state index in [2.05, 4.69) is 14.9 Å². The molecular weight excluding hydrogens is 264 g/mol. The molecule has 1 aliphatic heterocycles. The van der Waals surface area contributed by atoms with E-state index in [-0.39, 0.29) is 11.8 Å². The summed E-state index contributed by atoms with van der Waals surface area (Å²) in [5, 5.41) is 5.16. The molecule has 106 valence electrons. The fourth-order valence-electron chi connectivity index (χ4n) is 2.43. The van der Waals surface area contributed by atoms with Gasteiger partial charge in [0.25, 0.3) is 0 Å². The second kappa shape index (κ2) is 5.94. The van der Waals surface area contributed by atoms with E-state index >= 15 is 0 Å². The Morgan fingerprint density at radius 3 is 2.79 bits per heavy atom. The van der Waals surface area contributed by atoms with E-state index in [1.165, 1.54) is 0 Å². The van der Waals surface area contributed by atoms with Crippen LogP contribution in [0.1, 0.15) is 30.7 Å². The number of aromatic nitrogens is 2. The van der Waals surface area contributed by atoms with Crippen LogP contribution in [0.4, 0.5) is 0 Å². The van der Waals surface area contributed by atoms with Gasteiger partial charge in [-0.1, -0.05) is 6.42 Å². The van der Waals surface area contributed by atoms with Crippen LogP contribution >= 0.6 is 0 Å². The van der Waals surface area contributed by atoms with Crippen molar-refractivity contribution < 1.29 is 8.42 Å². The Bertz CT molecular complexity index is 515. The summed E-state index contributed by atoms with van der Waals surface area (Å²) in [6.07, 6.45) is 6.48. The molecule has 2 N–H and O–H groups in total. The number of nitrogens with zero attached hydrogens (tertiary/aromatic N) is 3. The molecule has 1 aromatic heterocycles. The summed E-state index contributed by atoms with van der Waals surface area (Å²) in [6, 6.07) is -0.00754. The summed E-state index contributed by atoms with van der Waals surface area (Å²) in [6.45, 7) is 3.41. The van der Waals surface area contributed by atoms with Crippen molar-refractivity contribution >= 4 is 10.0 Å². The van der Waals surface area contributed by atoms with Crippen LogP contribution in [0.2, 0.25) is 0 Å². The minimum atomic E-state index is -3.43. The van der Waals surface area contributed by atoms with Gasteiger partial charge in [0.1, 0.15) is 0 Å². The zero-order valence-corrected chi connectivity index (χ0v) is 11.9. The number of rotatable bonds is 4. The number of aryl methyl sites for hydroxylation is 1. The molecule has 0 saturated carbocycles. The molecule has 1 saturated heterocycles. The van der Waals surface area contributed by atoms with Crippen LogP contribution in [-0.4, -0.2) is 41.6 Å². The first-order valence-electron chi connectivity index (χ1n) is 6.46. The lowest BCUT2D eigenvalue weighted by Gasteiger charge is -2.34. The van der Waals surface area contributed by atoms with Crippen molar-refractivity contribution in [3.8, 4) is 0 Å². The lowest BCUT2D eigenvalue weighted by atomic mass is 10.0. The van der Waals surface area contributed by atoms with E-state index in [1.807, 2.05) is 6.92 Å². The predicted octanol–water partition coefficient (Wildman–Crippen LogP) is 0.428. The summed E-state index contributed by atoms with van der Waals surface area (Å²) >= 11 is 0. The summed E-state index contributed by atoms with van der Waals surface area (Å²) in [4.78, 5) is 10.7. The molecule has 1 aliphatic rings. The maximum Gasteiger partial charge on any atom is 0.210 e. The number of piperidine rings is 1. The first-order chi connectivity index (χ1) is 8.94. The maximum absolute atomic E-state index is 11.3. The molecule has 6 nitrogen and oxygen atoms in total. The Kier molecular flexibility index (Phi) is 4.49. The van der Waals surface area contributed by atoms with Crippen LogP contribution in [0.15, 0.2) is 12.4 Å². The Morgan fingerprint density at radius 1 is 1.37 bits per heavy atom. The second-order valence-corrected chi connectivity index (χ2v) is 6.76. The molecule has 0 bridgehead atoms. The summed E-state index contributed by atoms with van der Waals surface area (Å²) in [5.74, 6) is 0.0201. The van der Waals surface area contributed by atoms with Gasteiger partial charge in [-0.25, -0.2) is 13.6 Å². The Morgan fingerprint density at radius 2 is 2.16 bits per heavy atom. The molecule has 0 aromatic carbocycles. The minimum Gasteiger partial charge on any atom is -0.293 e. The number of primary sulfonamides is 1. The van der Waals surface area contributed by atoms with Gasteiger partial charge in [0.05, 0.1) is 17.1 Å². The van der Waals surface area contributed by atoms with E-state index < -0.39 is 10.0 Å². The van der Waals surface area contributed by atoms with Gasteiger partial charge in [0.15, 0.2) is 0 Å². The van der Waals surface area contributed by atoms with Crippen LogP contribution in [0.25, 0.3) is 0 Å². The standard InChI is InChI=1S/C12H20N4O2S/c1-10-6-15-11(7-14-10)8-16-5-3-2-4-12(16)9-19(13,17)18/h6-7,12H,2-5,8-9H2,1H3,(H2,13,17,18). The van der Waals surface area contributed by atoms with Gasteiger partial charge >= 0.3 is 0 Å². The Labute approximate surface area is 114 Å². The van der Waals surface area contributed by atoms with E-state index in [0.717, 1.165) is 37.2 Å². The van der Waals surface area contributed by atoms with Crippen molar-refractivity contribution in [1.82, 2.24) is 14.9 Å². The molecule has 19 heavy (non-hydrogen) atoms. The van der Waals surface area contributed by atoms with Crippen molar-refractivity contribution in [2.75, 3.05) is 12.3 Å². The molecule has 2 heterocycles. The number of nitrogens with two attached hydrogens (primary N) is 1. The molecule has 0 radical (unpaired) electrons. The van der Waals surface area contributed by atoms with Crippen molar-refractivity contribution in [3.63, 3.8) is 0 Å². The van der Waals surface area contributed by atoms with Gasteiger partial charge in [-0.2, -0.15) is 0 Å². The lowest BCUT2D eigenvalue weighted by molar-refractivity contribution is 0.152. The van der Waals surface area contributed by atoms with Gasteiger partial charge in [-0.05, 0) is 26.3 Å². The SMILES string of the molecule is Cc1cnc(CN2CCCCC2CS(N)(=O)=O)cn1. The zero-order chi connectivity index (χ0) is 13.9. The molecule has 1 atom stereocenters. The average molecular weight is 284 g/mol. The van der Waals surface area contributed by atoms with Crippen LogP contribution in [-0.2, 0) is 16.6 Å². The number of hydrogen-bond acceptors (Lipinski definition) is 5. The monoisotopic (exact) mass is 284 g/mol. The predicted molar refractivity (Wildman–Crippen MR) is 72.8 cm³/mol. The highest BCUT2D eigenvalue weighted by atomic mass is 32.2. The summed E-state index contributed by atoms with van der Waals surface area (Å²) in [5.41, 5.74) is 1.75. The van der Waals surface area contributed by atoms with E-state index in [1.54, 1.807) is 12.4 Å². The topological polar surface area (TPSA) is 89.2 Å². The fourth-order valence-corrected chi connectivity index (χ4v) is 3.35. The first kappa shape index (κ1) is 14.4. The van der Waals surface area contributed by atoms with Crippen molar-refractivity contribution in [1.29, 1.82) is 0 Å². The number of likely N-dealkylation sites (tertiary alicyclic amines) is 1. The van der Waals surface area contributed by atoms with Gasteiger partial charge in [-0.15, -0.1) is 0 Å². The van der Waals surface area contributed by atoms with Gasteiger partial charge in [0.2, 0.25) is 10.0 Å². The smallest absolute Gasteiger partial charge is 0.210 e. The van der Waals surface area contributed by atoms with E-state index in [9.17, 15) is 8.42 Å². The summed E-state index contributed by atoms with van der Waals surface area (Å²) in [7, 11) is -3.43. The quantitative estimate of drug-likeness (QED) is 0.866. The van der Waals surface area contributed by atoms with E-state index in [4.69, 9.17) is 5.14 Å². The fraction of sp³-hybridized carbons (Fsp3) is 0.667. The highest BCUT2D eigenvalue weighted by molar-refractivity contribution is 7.89. The first-order valence-corrected chi connectivity index (χ1v) is 8.17. The molecular formula is C12H20N4O2S. The van der Waals surface area contributed by atoms with Gasteiger partial charge < -0.3 is 0 Å². The molecule has 1 aromatic rings. The third kappa shape index (κ3) is 4.52. The normalized spacial score (nSPS) is 21.5. The third-order valence-electron chi connectivity index (χ3n) is 3.37. The minimum absolute atomic E-state index is 0.00754. The van der Waals surface area contributed by atoms with Gasteiger partial charge in [-0.3, -0.25) is 14.9 Å². The lowest BCUT2D eigenvalue weighted by Crippen LogP contribution is -2.44. The molecule has 1 unspecified atom stereocenters. The highest BCUT2D eigenvalue weighted by Crippen LogP contribution is 2.19. The third-order valence-corrected chi connectivity index (χ3v) is 4.22. The largest absolute Gasteiger partial charge is 0.293 e. The van der Waals surface area contributed by atoms with Crippen LogP contribution in [0.3, 0.4) is 0 Å². The molecule has 7 heteroatoms. The Balaban J connectivity index is 2.05. The second-order valence-electron chi connectivity index (χ2n) is 5.10. The molecule has 0 amide bonds. The van der Waals surface area contributed by atoms with E-state index in [0.29, 0.717) is 6.54 Å². The van der Waals surface area contributed by atoms with Crippen molar-refractivity contribution in [3.05, 3.63) is 23.8 Å². The zero-order valence-electron chi connectivity index (χ0n) is 11.1. The molecule has 0 spiro atoms. The maximum atomic E-state index is 11.3. The summed E-state index contributed by atoms with van der Waals surface area (Å²) < 4.78 is 22.5. The Hall–Kier alpha value is -1.05. The van der Waals surface area contributed by atoms with Crippen molar-refractivity contribution in [2.24, 2.45) is 5.14 Å².